The number of aryl methyl sites for hydroxylation is 1. The highest BCUT2D eigenvalue weighted by atomic mass is 32.2. The third-order valence-electron chi connectivity index (χ3n) is 2.16. The molecule has 6 nitrogen and oxygen atoms in total. The Hall–Kier alpha value is -1.50. The predicted octanol–water partition coefficient (Wildman–Crippen LogP) is 0.356. The van der Waals surface area contributed by atoms with Gasteiger partial charge >= 0.3 is 5.97 Å². The van der Waals surface area contributed by atoms with E-state index in [0.717, 1.165) is 0 Å². The molecule has 1 heterocycles. The summed E-state index contributed by atoms with van der Waals surface area (Å²) in [7, 11) is 1.69. The third kappa shape index (κ3) is 4.10. The predicted molar refractivity (Wildman–Crippen MR) is 65.1 cm³/mol. The van der Waals surface area contributed by atoms with Crippen molar-refractivity contribution in [2.45, 2.75) is 12.5 Å². The van der Waals surface area contributed by atoms with Crippen molar-refractivity contribution >= 4 is 23.6 Å². The van der Waals surface area contributed by atoms with Crippen LogP contribution in [0.3, 0.4) is 0 Å². The number of nitrogens with zero attached hydrogens (tertiary/aromatic N) is 2. The van der Waals surface area contributed by atoms with Crippen LogP contribution >= 0.6 is 11.8 Å². The standard InChI is InChI=1S/C10H15N3O3S/c1-13-5-3-7(12-13)9(14)11-8(10(15)16)4-6-17-2/h3,5,8H,4,6H2,1-2H3,(H,11,14)(H,15,16)/t8-/m0/s1. The van der Waals surface area contributed by atoms with Gasteiger partial charge in [-0.1, -0.05) is 0 Å². The Kier molecular flexibility index (Phi) is 5.02. The molecule has 0 unspecified atom stereocenters. The number of rotatable bonds is 6. The van der Waals surface area contributed by atoms with Crippen LogP contribution in [0.1, 0.15) is 16.9 Å². The largest absolute Gasteiger partial charge is 0.480 e. The van der Waals surface area contributed by atoms with E-state index < -0.39 is 17.9 Å². The van der Waals surface area contributed by atoms with Gasteiger partial charge in [0.1, 0.15) is 11.7 Å². The molecule has 0 saturated heterocycles. The van der Waals surface area contributed by atoms with Crippen molar-refractivity contribution in [2.75, 3.05) is 12.0 Å². The second-order valence-electron chi connectivity index (χ2n) is 3.52. The van der Waals surface area contributed by atoms with Gasteiger partial charge in [0.2, 0.25) is 0 Å². The van der Waals surface area contributed by atoms with E-state index in [4.69, 9.17) is 5.11 Å². The molecule has 0 saturated carbocycles. The van der Waals surface area contributed by atoms with Crippen molar-refractivity contribution in [1.29, 1.82) is 0 Å². The quantitative estimate of drug-likeness (QED) is 0.768. The topological polar surface area (TPSA) is 84.2 Å². The van der Waals surface area contributed by atoms with Crippen LogP contribution in [0.4, 0.5) is 0 Å². The molecule has 2 N–H and O–H groups in total. The molecular weight excluding hydrogens is 242 g/mol. The van der Waals surface area contributed by atoms with Crippen LogP contribution in [0.15, 0.2) is 12.3 Å². The van der Waals surface area contributed by atoms with Crippen LogP contribution in [0.5, 0.6) is 0 Å². The number of carbonyl (C=O) groups is 2. The first-order valence-corrected chi connectivity index (χ1v) is 6.46. The highest BCUT2D eigenvalue weighted by molar-refractivity contribution is 7.98. The van der Waals surface area contributed by atoms with E-state index in [1.165, 1.54) is 4.68 Å². The van der Waals surface area contributed by atoms with Crippen molar-refractivity contribution in [3.63, 3.8) is 0 Å². The van der Waals surface area contributed by atoms with Crippen LogP contribution in [-0.4, -0.2) is 44.8 Å². The zero-order valence-corrected chi connectivity index (χ0v) is 10.5. The van der Waals surface area contributed by atoms with Crippen molar-refractivity contribution < 1.29 is 14.7 Å². The number of carboxylic acid groups (broad SMARTS) is 1. The lowest BCUT2D eigenvalue weighted by Crippen LogP contribution is -2.41. The zero-order chi connectivity index (χ0) is 12.8. The van der Waals surface area contributed by atoms with Crippen LogP contribution < -0.4 is 5.32 Å². The molecule has 0 fully saturated rings. The molecule has 0 bridgehead atoms. The summed E-state index contributed by atoms with van der Waals surface area (Å²) >= 11 is 1.54. The maximum absolute atomic E-state index is 11.7. The Balaban J connectivity index is 2.60. The van der Waals surface area contributed by atoms with Gasteiger partial charge in [0, 0.05) is 13.2 Å². The molecule has 0 spiro atoms. The third-order valence-corrected chi connectivity index (χ3v) is 2.80. The first-order valence-electron chi connectivity index (χ1n) is 5.07. The maximum atomic E-state index is 11.7. The van der Waals surface area contributed by atoms with Gasteiger partial charge in [-0.15, -0.1) is 0 Å². The van der Waals surface area contributed by atoms with Crippen LogP contribution in [0.2, 0.25) is 0 Å². The van der Waals surface area contributed by atoms with E-state index in [-0.39, 0.29) is 5.69 Å². The molecule has 94 valence electrons. The van der Waals surface area contributed by atoms with Crippen LogP contribution in [-0.2, 0) is 11.8 Å². The molecule has 0 radical (unpaired) electrons. The lowest BCUT2D eigenvalue weighted by molar-refractivity contribution is -0.139. The van der Waals surface area contributed by atoms with Gasteiger partial charge in [-0.3, -0.25) is 9.48 Å². The molecule has 0 aliphatic rings. The molecular formula is C10H15N3O3S. The molecule has 0 aliphatic carbocycles. The van der Waals surface area contributed by atoms with E-state index in [0.29, 0.717) is 12.2 Å². The number of aromatic nitrogens is 2. The Morgan fingerprint density at radius 3 is 2.82 bits per heavy atom. The second-order valence-corrected chi connectivity index (χ2v) is 4.51. The molecule has 1 aromatic rings. The minimum absolute atomic E-state index is 0.225. The van der Waals surface area contributed by atoms with Gasteiger partial charge < -0.3 is 10.4 Å². The van der Waals surface area contributed by atoms with E-state index in [1.54, 1.807) is 31.1 Å². The Labute approximate surface area is 103 Å². The highest BCUT2D eigenvalue weighted by Crippen LogP contribution is 2.02. The van der Waals surface area contributed by atoms with E-state index in [9.17, 15) is 9.59 Å². The fraction of sp³-hybridized carbons (Fsp3) is 0.500. The fourth-order valence-electron chi connectivity index (χ4n) is 1.26. The molecule has 1 rings (SSSR count). The lowest BCUT2D eigenvalue weighted by atomic mass is 10.2. The molecule has 1 amide bonds. The molecule has 1 atom stereocenters. The van der Waals surface area contributed by atoms with Crippen molar-refractivity contribution in [3.05, 3.63) is 18.0 Å². The minimum Gasteiger partial charge on any atom is -0.480 e. The van der Waals surface area contributed by atoms with Crippen LogP contribution in [0.25, 0.3) is 0 Å². The number of carboxylic acids is 1. The van der Waals surface area contributed by atoms with E-state index >= 15 is 0 Å². The fourth-order valence-corrected chi connectivity index (χ4v) is 1.73. The van der Waals surface area contributed by atoms with Gasteiger partial charge in [-0.05, 0) is 24.5 Å². The monoisotopic (exact) mass is 257 g/mol. The summed E-state index contributed by atoms with van der Waals surface area (Å²) in [6, 6.07) is 0.681. The number of carbonyl (C=O) groups excluding carboxylic acids is 1. The first kappa shape index (κ1) is 13.6. The maximum Gasteiger partial charge on any atom is 0.326 e. The molecule has 17 heavy (non-hydrogen) atoms. The molecule has 0 aromatic carbocycles. The summed E-state index contributed by atoms with van der Waals surface area (Å²) in [6.07, 6.45) is 3.92. The number of thioether (sulfide) groups is 1. The van der Waals surface area contributed by atoms with Gasteiger partial charge in [0.05, 0.1) is 0 Å². The van der Waals surface area contributed by atoms with Crippen molar-refractivity contribution in [2.24, 2.45) is 7.05 Å². The molecule has 1 aromatic heterocycles. The SMILES string of the molecule is CSCC[C@H](NC(=O)c1ccn(C)n1)C(=O)O. The van der Waals surface area contributed by atoms with Crippen molar-refractivity contribution in [1.82, 2.24) is 15.1 Å². The second kappa shape index (κ2) is 6.29. The van der Waals surface area contributed by atoms with Gasteiger partial charge in [-0.25, -0.2) is 4.79 Å². The van der Waals surface area contributed by atoms with Crippen LogP contribution in [0, 0.1) is 0 Å². The number of hydrogen-bond donors (Lipinski definition) is 2. The molecule has 0 aliphatic heterocycles. The number of nitrogens with one attached hydrogen (secondary N) is 1. The Morgan fingerprint density at radius 1 is 1.65 bits per heavy atom. The smallest absolute Gasteiger partial charge is 0.326 e. The number of hydrogen-bond acceptors (Lipinski definition) is 4. The summed E-state index contributed by atoms with van der Waals surface area (Å²) < 4.78 is 1.49. The summed E-state index contributed by atoms with van der Waals surface area (Å²) in [4.78, 5) is 22.6. The minimum atomic E-state index is -1.02. The normalized spacial score (nSPS) is 12.1. The summed E-state index contributed by atoms with van der Waals surface area (Å²) in [5.74, 6) is -0.804. The van der Waals surface area contributed by atoms with Gasteiger partial charge in [0.15, 0.2) is 0 Å². The summed E-state index contributed by atoms with van der Waals surface area (Å²) in [5.41, 5.74) is 0.225. The van der Waals surface area contributed by atoms with Gasteiger partial charge in [0.25, 0.3) is 5.91 Å². The Morgan fingerprint density at radius 2 is 2.35 bits per heavy atom. The highest BCUT2D eigenvalue weighted by Gasteiger charge is 2.21. The molecule has 7 heteroatoms. The number of amides is 1. The Bertz CT molecular complexity index is 405. The van der Waals surface area contributed by atoms with E-state index in [1.807, 2.05) is 6.26 Å². The average Bonchev–Trinajstić information content (AvgIpc) is 2.70. The average molecular weight is 257 g/mol. The van der Waals surface area contributed by atoms with E-state index in [2.05, 4.69) is 10.4 Å². The first-order chi connectivity index (χ1) is 8.04. The van der Waals surface area contributed by atoms with Gasteiger partial charge in [-0.2, -0.15) is 16.9 Å². The number of aliphatic carboxylic acids is 1. The zero-order valence-electron chi connectivity index (χ0n) is 9.71. The lowest BCUT2D eigenvalue weighted by Gasteiger charge is -2.12. The van der Waals surface area contributed by atoms with Crippen molar-refractivity contribution in [3.8, 4) is 0 Å². The summed E-state index contributed by atoms with van der Waals surface area (Å²) in [6.45, 7) is 0. The summed E-state index contributed by atoms with van der Waals surface area (Å²) in [5, 5.41) is 15.3.